The lowest BCUT2D eigenvalue weighted by molar-refractivity contribution is -0.230. The molecule has 1 N–H and O–H groups in total. The molecule has 0 aliphatic heterocycles. The zero-order chi connectivity index (χ0) is 14.5. The number of ether oxygens (including phenoxy) is 1. The molecule has 0 amide bonds. The van der Waals surface area contributed by atoms with E-state index in [0.717, 1.165) is 0 Å². The first-order valence-corrected chi connectivity index (χ1v) is 5.86. The highest BCUT2D eigenvalue weighted by Gasteiger charge is 2.32. The molecular weight excluding hydrogens is 236 g/mol. The van der Waals surface area contributed by atoms with Gasteiger partial charge in [0.15, 0.2) is 0 Å². The van der Waals surface area contributed by atoms with Gasteiger partial charge in [0.2, 0.25) is 0 Å². The molecule has 0 spiro atoms. The summed E-state index contributed by atoms with van der Waals surface area (Å²) in [6, 6.07) is 0. The lowest BCUT2D eigenvalue weighted by Crippen LogP contribution is -2.32. The summed E-state index contributed by atoms with van der Waals surface area (Å²) in [4.78, 5) is 26.8. The number of carbonyl (C=O) groups is 2. The highest BCUT2D eigenvalue weighted by Crippen LogP contribution is 2.24. The maximum atomic E-state index is 12.0. The summed E-state index contributed by atoms with van der Waals surface area (Å²) in [7, 11) is 0. The van der Waals surface area contributed by atoms with Gasteiger partial charge in [-0.15, -0.1) is 0 Å². The molecule has 1 atom stereocenters. The molecule has 18 heavy (non-hydrogen) atoms. The predicted molar refractivity (Wildman–Crippen MR) is 66.7 cm³/mol. The van der Waals surface area contributed by atoms with Gasteiger partial charge in [-0.25, -0.2) is 4.79 Å². The Morgan fingerprint density at radius 3 is 2.11 bits per heavy atom. The van der Waals surface area contributed by atoms with Crippen LogP contribution >= 0.6 is 0 Å². The van der Waals surface area contributed by atoms with Gasteiger partial charge in [-0.05, 0) is 33.1 Å². The summed E-state index contributed by atoms with van der Waals surface area (Å²) in [6.45, 7) is 12.5. The highest BCUT2D eigenvalue weighted by atomic mass is 17.1. The summed E-state index contributed by atoms with van der Waals surface area (Å²) >= 11 is 0. The van der Waals surface area contributed by atoms with Crippen molar-refractivity contribution in [3.63, 3.8) is 0 Å². The molecule has 0 aromatic rings. The van der Waals surface area contributed by atoms with E-state index in [1.54, 1.807) is 20.8 Å². The van der Waals surface area contributed by atoms with Gasteiger partial charge >= 0.3 is 11.9 Å². The normalized spacial score (nSPS) is 13.1. The molecule has 5 heteroatoms. The molecule has 104 valence electrons. The van der Waals surface area contributed by atoms with E-state index in [1.165, 1.54) is 0 Å². The van der Waals surface area contributed by atoms with Gasteiger partial charge < -0.3 is 4.74 Å². The van der Waals surface area contributed by atoms with Gasteiger partial charge in [0, 0.05) is 5.57 Å². The summed E-state index contributed by atoms with van der Waals surface area (Å²) in [6.07, 6.45) is 0.406. The first kappa shape index (κ1) is 16.6. The lowest BCUT2D eigenvalue weighted by Gasteiger charge is -2.25. The molecule has 0 aromatic carbocycles. The van der Waals surface area contributed by atoms with Crippen LogP contribution in [0.3, 0.4) is 0 Å². The monoisotopic (exact) mass is 258 g/mol. The predicted octanol–water partition coefficient (Wildman–Crippen LogP) is 2.56. The maximum absolute atomic E-state index is 12.0. The van der Waals surface area contributed by atoms with Crippen LogP contribution in [0.1, 0.15) is 41.0 Å². The van der Waals surface area contributed by atoms with Crippen LogP contribution in [0.15, 0.2) is 12.2 Å². The van der Waals surface area contributed by atoms with E-state index in [0.29, 0.717) is 6.42 Å². The second kappa shape index (κ2) is 6.54. The van der Waals surface area contributed by atoms with E-state index in [4.69, 9.17) is 9.99 Å². The topological polar surface area (TPSA) is 72.8 Å². The molecule has 0 aromatic heterocycles. The first-order valence-electron chi connectivity index (χ1n) is 5.86. The minimum Gasteiger partial charge on any atom is -0.459 e. The average Bonchev–Trinajstić information content (AvgIpc) is 2.20. The second-order valence-corrected chi connectivity index (χ2v) is 5.62. The van der Waals surface area contributed by atoms with Crippen LogP contribution < -0.4 is 0 Å². The third-order valence-corrected chi connectivity index (χ3v) is 2.16. The average molecular weight is 258 g/mol. The van der Waals surface area contributed by atoms with Gasteiger partial charge in [-0.1, -0.05) is 20.4 Å². The largest absolute Gasteiger partial charge is 0.459 e. The van der Waals surface area contributed by atoms with E-state index in [9.17, 15) is 9.59 Å². The third-order valence-electron chi connectivity index (χ3n) is 2.16. The number of hydrogen-bond acceptors (Lipinski definition) is 5. The first-order chi connectivity index (χ1) is 8.08. The van der Waals surface area contributed by atoms with Crippen LogP contribution in [-0.4, -0.2) is 22.8 Å². The van der Waals surface area contributed by atoms with Crippen molar-refractivity contribution in [3.8, 4) is 0 Å². The molecule has 0 rings (SSSR count). The zero-order valence-corrected chi connectivity index (χ0v) is 11.6. The lowest BCUT2D eigenvalue weighted by atomic mass is 9.90. The van der Waals surface area contributed by atoms with Gasteiger partial charge in [0.1, 0.15) is 5.60 Å². The van der Waals surface area contributed by atoms with Crippen LogP contribution in [0.4, 0.5) is 0 Å². The summed E-state index contributed by atoms with van der Waals surface area (Å²) < 4.78 is 5.23. The number of carbonyl (C=O) groups excluding carboxylic acids is 2. The molecule has 5 nitrogen and oxygen atoms in total. The third kappa shape index (κ3) is 5.82. The van der Waals surface area contributed by atoms with Crippen molar-refractivity contribution < 1.29 is 24.5 Å². The zero-order valence-electron chi connectivity index (χ0n) is 11.6. The van der Waals surface area contributed by atoms with Crippen molar-refractivity contribution in [1.82, 2.24) is 0 Å². The maximum Gasteiger partial charge on any atom is 0.369 e. The molecule has 0 saturated carbocycles. The Hall–Kier alpha value is -1.36. The molecule has 0 unspecified atom stereocenters. The van der Waals surface area contributed by atoms with Crippen molar-refractivity contribution in [2.45, 2.75) is 46.6 Å². The fourth-order valence-corrected chi connectivity index (χ4v) is 1.43. The van der Waals surface area contributed by atoms with Crippen LogP contribution in [0.25, 0.3) is 0 Å². The summed E-state index contributed by atoms with van der Waals surface area (Å²) in [5.41, 5.74) is -0.740. The minimum atomic E-state index is -1.01. The van der Waals surface area contributed by atoms with Gasteiger partial charge in [0.25, 0.3) is 0 Å². The quantitative estimate of drug-likeness (QED) is 0.355. The molecule has 0 aliphatic carbocycles. The Labute approximate surface area is 108 Å². The van der Waals surface area contributed by atoms with Crippen molar-refractivity contribution in [1.29, 1.82) is 0 Å². The smallest absolute Gasteiger partial charge is 0.369 e. The van der Waals surface area contributed by atoms with Crippen molar-refractivity contribution >= 4 is 11.9 Å². The van der Waals surface area contributed by atoms with E-state index >= 15 is 0 Å². The SMILES string of the molecule is C=C(C(=O)OO)[C@@H](CC(C)C)C(=O)OC(C)(C)C. The summed E-state index contributed by atoms with van der Waals surface area (Å²) in [5.74, 6) is -2.17. The van der Waals surface area contributed by atoms with Crippen molar-refractivity contribution in [2.24, 2.45) is 11.8 Å². The van der Waals surface area contributed by atoms with Crippen molar-refractivity contribution in [2.75, 3.05) is 0 Å². The standard InChI is InChI=1S/C13H22O5/c1-8(2)7-10(9(3)11(14)18-16)12(15)17-13(4,5)6/h8,10,16H,3,7H2,1-2,4-6H3/t10-/m1/s1. The van der Waals surface area contributed by atoms with E-state index in [-0.39, 0.29) is 11.5 Å². The van der Waals surface area contributed by atoms with Crippen LogP contribution in [0.2, 0.25) is 0 Å². The van der Waals surface area contributed by atoms with Crippen molar-refractivity contribution in [3.05, 3.63) is 12.2 Å². The van der Waals surface area contributed by atoms with E-state index in [1.807, 2.05) is 13.8 Å². The molecule has 0 aliphatic rings. The molecule has 0 heterocycles. The Morgan fingerprint density at radius 1 is 1.28 bits per heavy atom. The minimum absolute atomic E-state index is 0.0968. The molecule has 0 saturated heterocycles. The van der Waals surface area contributed by atoms with E-state index in [2.05, 4.69) is 11.5 Å². The van der Waals surface area contributed by atoms with E-state index < -0.39 is 23.5 Å². The van der Waals surface area contributed by atoms with Gasteiger partial charge in [-0.2, -0.15) is 5.26 Å². The van der Waals surface area contributed by atoms with Gasteiger partial charge in [0.05, 0.1) is 5.92 Å². The molecule has 0 bridgehead atoms. The summed E-state index contributed by atoms with van der Waals surface area (Å²) in [5, 5.41) is 8.34. The molecule has 0 radical (unpaired) electrons. The number of hydrogen-bond donors (Lipinski definition) is 1. The Kier molecular flexibility index (Phi) is 6.05. The van der Waals surface area contributed by atoms with Crippen LogP contribution in [-0.2, 0) is 19.2 Å². The Bertz CT molecular complexity index is 325. The highest BCUT2D eigenvalue weighted by molar-refractivity contribution is 5.94. The van der Waals surface area contributed by atoms with Crippen LogP contribution in [0.5, 0.6) is 0 Å². The van der Waals surface area contributed by atoms with Gasteiger partial charge in [-0.3, -0.25) is 9.68 Å². The Balaban J connectivity index is 4.94. The second-order valence-electron chi connectivity index (χ2n) is 5.62. The number of esters is 1. The fraction of sp³-hybridized carbons (Fsp3) is 0.692. The fourth-order valence-electron chi connectivity index (χ4n) is 1.43. The Morgan fingerprint density at radius 2 is 1.78 bits per heavy atom. The van der Waals surface area contributed by atoms with Crippen LogP contribution in [0, 0.1) is 11.8 Å². The number of rotatable bonds is 5. The molecular formula is C13H22O5. The molecule has 0 fully saturated rings.